The van der Waals surface area contributed by atoms with E-state index in [1.165, 1.54) is 11.2 Å². The van der Waals surface area contributed by atoms with Gasteiger partial charge in [0.05, 0.1) is 11.3 Å². The van der Waals surface area contributed by atoms with Gasteiger partial charge in [-0.15, -0.1) is 11.3 Å². The van der Waals surface area contributed by atoms with Crippen LogP contribution in [0.25, 0.3) is 0 Å². The lowest BCUT2D eigenvalue weighted by Gasteiger charge is -2.33. The number of halogens is 3. The van der Waals surface area contributed by atoms with Crippen LogP contribution in [0.1, 0.15) is 23.0 Å². The van der Waals surface area contributed by atoms with Gasteiger partial charge in [-0.3, -0.25) is 13.9 Å². The minimum absolute atomic E-state index is 0.296. The Balaban J connectivity index is 0.00000103. The second-order valence-electron chi connectivity index (χ2n) is 8.55. The lowest BCUT2D eigenvalue weighted by atomic mass is 10.1. The summed E-state index contributed by atoms with van der Waals surface area (Å²) in [6, 6.07) is 14.4. The molecule has 1 aromatic heterocycles. The number of para-hydroxylation sites is 1. The van der Waals surface area contributed by atoms with E-state index in [0.29, 0.717) is 48.2 Å². The van der Waals surface area contributed by atoms with Crippen molar-refractivity contribution in [3.05, 3.63) is 65.2 Å². The molecule has 3 N–H and O–H groups in total. The summed E-state index contributed by atoms with van der Waals surface area (Å²) in [7, 11) is 0.409. The summed E-state index contributed by atoms with van der Waals surface area (Å²) in [5.41, 5.74) is 5.26. The first-order valence-electron chi connectivity index (χ1n) is 11.9. The maximum Gasteiger partial charge on any atom is 0.434 e. The zero-order valence-corrected chi connectivity index (χ0v) is 24.4. The highest BCUT2D eigenvalue weighted by molar-refractivity contribution is 7.97. The van der Waals surface area contributed by atoms with Gasteiger partial charge in [-0.05, 0) is 48.3 Å². The van der Waals surface area contributed by atoms with Gasteiger partial charge in [0.15, 0.2) is 10.8 Å². The number of aromatic nitrogens is 1. The van der Waals surface area contributed by atoms with Gasteiger partial charge in [-0.1, -0.05) is 12.1 Å². The molecular weight excluding hydrogens is 586 g/mol. The van der Waals surface area contributed by atoms with Crippen LogP contribution >= 0.6 is 23.3 Å². The Labute approximate surface area is 241 Å². The molecule has 0 saturated carbocycles. The molecule has 1 atom stereocenters. The fraction of sp³-hybridized carbons (Fsp3) is 0.320. The third-order valence-corrected chi connectivity index (χ3v) is 8.49. The Morgan fingerprint density at radius 2 is 1.70 bits per heavy atom. The number of thiazole rings is 1. The minimum atomic E-state index is -4.42. The molecule has 1 unspecified atom stereocenters. The average Bonchev–Trinajstić information content (AvgIpc) is 3.41. The number of carbonyl (C=O) groups is 2. The molecule has 4 rings (SSSR count). The standard InChI is InChI=1S/C23H24F3N5O2S3.C2H5NO/c1-29(36(2)33)19-6-4-3-5-18(19)21(32)27-16-7-9-17(10-8-16)35-31-13-11-30(12-14-31)22-28-20(15-34-22)23(24,25)26;1-2(3)4/h3-10,15H,11-14H2,1-2H3,(H,27,32);1H3,(H2,3,4). The number of anilines is 3. The normalized spacial score (nSPS) is 14.6. The number of nitrogens with zero attached hydrogens (tertiary/aromatic N) is 4. The fourth-order valence-electron chi connectivity index (χ4n) is 3.54. The van der Waals surface area contributed by atoms with Gasteiger partial charge in [-0.25, -0.2) is 13.5 Å². The summed E-state index contributed by atoms with van der Waals surface area (Å²) >= 11 is 2.58. The number of hydrogen-bond donors (Lipinski definition) is 2. The highest BCUT2D eigenvalue weighted by atomic mass is 32.2. The highest BCUT2D eigenvalue weighted by Gasteiger charge is 2.34. The topological polar surface area (TPSA) is 112 Å². The fourth-order valence-corrected chi connectivity index (χ4v) is 5.76. The Morgan fingerprint density at radius 3 is 2.25 bits per heavy atom. The summed E-state index contributed by atoms with van der Waals surface area (Å²) in [5.74, 6) is -0.629. The summed E-state index contributed by atoms with van der Waals surface area (Å²) < 4.78 is 54.0. The molecule has 1 aliphatic heterocycles. The molecule has 0 aliphatic carbocycles. The number of benzene rings is 2. The molecule has 2 aromatic carbocycles. The molecule has 2 heterocycles. The zero-order valence-electron chi connectivity index (χ0n) is 22.0. The zero-order chi connectivity index (χ0) is 29.4. The van der Waals surface area contributed by atoms with Crippen LogP contribution in [0.2, 0.25) is 0 Å². The maximum absolute atomic E-state index is 12.8. The number of primary amides is 1. The monoisotopic (exact) mass is 614 g/mol. The molecular formula is C25H29F3N6O3S3. The third kappa shape index (κ3) is 8.94. The minimum Gasteiger partial charge on any atom is -0.370 e. The number of rotatable bonds is 7. The van der Waals surface area contributed by atoms with Gasteiger partial charge >= 0.3 is 6.18 Å². The second-order valence-corrected chi connectivity index (χ2v) is 12.0. The van der Waals surface area contributed by atoms with Crippen LogP contribution in [-0.4, -0.2) is 64.8 Å². The van der Waals surface area contributed by atoms with Crippen LogP contribution in [0.3, 0.4) is 0 Å². The third-order valence-electron chi connectivity index (χ3n) is 5.51. The van der Waals surface area contributed by atoms with Crippen LogP contribution in [0.5, 0.6) is 0 Å². The molecule has 1 fully saturated rings. The van der Waals surface area contributed by atoms with Crippen LogP contribution in [0, 0.1) is 0 Å². The van der Waals surface area contributed by atoms with Gasteiger partial charge in [0, 0.05) is 62.4 Å². The summed E-state index contributed by atoms with van der Waals surface area (Å²) in [6.07, 6.45) is -2.87. The molecule has 1 saturated heterocycles. The molecule has 0 bridgehead atoms. The number of alkyl halides is 3. The SMILES string of the molecule is CC(N)=O.CN(c1ccccc1C(=O)Nc1ccc(SN2CCN(c3nc(C(F)(F)F)cs3)CC2)cc1)S(C)=O. The molecule has 40 heavy (non-hydrogen) atoms. The highest BCUT2D eigenvalue weighted by Crippen LogP contribution is 2.34. The molecule has 0 radical (unpaired) electrons. The van der Waals surface area contributed by atoms with Crippen LogP contribution < -0.4 is 20.3 Å². The van der Waals surface area contributed by atoms with Gasteiger partial charge in [-0.2, -0.15) is 13.2 Å². The Hall–Kier alpha value is -3.14. The lowest BCUT2D eigenvalue weighted by Crippen LogP contribution is -2.43. The predicted molar refractivity (Wildman–Crippen MR) is 155 cm³/mol. The summed E-state index contributed by atoms with van der Waals surface area (Å²) in [6.45, 7) is 3.82. The van der Waals surface area contributed by atoms with E-state index in [1.807, 2.05) is 29.2 Å². The van der Waals surface area contributed by atoms with Crippen molar-refractivity contribution >= 4 is 62.6 Å². The first-order chi connectivity index (χ1) is 18.8. The second kappa shape index (κ2) is 14.0. The van der Waals surface area contributed by atoms with Crippen molar-refractivity contribution in [3.8, 4) is 0 Å². The maximum atomic E-state index is 12.8. The summed E-state index contributed by atoms with van der Waals surface area (Å²) in [5, 5.41) is 4.33. The Bertz CT molecular complexity index is 1330. The molecule has 216 valence electrons. The number of nitrogens with one attached hydrogen (secondary N) is 1. The molecule has 1 aliphatic rings. The quantitative estimate of drug-likeness (QED) is 0.378. The van der Waals surface area contributed by atoms with Crippen LogP contribution in [-0.2, 0) is 22.0 Å². The van der Waals surface area contributed by atoms with E-state index in [1.54, 1.807) is 49.5 Å². The molecule has 0 spiro atoms. The molecule has 3 aromatic rings. The average molecular weight is 615 g/mol. The predicted octanol–water partition coefficient (Wildman–Crippen LogP) is 4.46. The van der Waals surface area contributed by atoms with Gasteiger partial charge in [0.2, 0.25) is 5.91 Å². The Morgan fingerprint density at radius 1 is 1.10 bits per heavy atom. The van der Waals surface area contributed by atoms with Crippen molar-refractivity contribution < 1.29 is 27.0 Å². The largest absolute Gasteiger partial charge is 0.434 e. The van der Waals surface area contributed by atoms with Gasteiger partial charge < -0.3 is 16.0 Å². The van der Waals surface area contributed by atoms with Gasteiger partial charge in [0.1, 0.15) is 11.0 Å². The van der Waals surface area contributed by atoms with E-state index in [-0.39, 0.29) is 11.8 Å². The number of carbonyl (C=O) groups excluding carboxylic acids is 2. The molecule has 2 amide bonds. The van der Waals surface area contributed by atoms with Crippen molar-refractivity contribution in [2.45, 2.75) is 18.0 Å². The molecule has 9 nitrogen and oxygen atoms in total. The number of amides is 2. The lowest BCUT2D eigenvalue weighted by molar-refractivity contribution is -0.140. The van der Waals surface area contributed by atoms with Crippen molar-refractivity contribution in [2.24, 2.45) is 5.73 Å². The van der Waals surface area contributed by atoms with Crippen molar-refractivity contribution in [1.29, 1.82) is 0 Å². The van der Waals surface area contributed by atoms with Crippen LogP contribution in [0.4, 0.5) is 29.7 Å². The Kier molecular flexibility index (Phi) is 11.0. The van der Waals surface area contributed by atoms with E-state index in [9.17, 15) is 27.0 Å². The van der Waals surface area contributed by atoms with Crippen LogP contribution in [0.15, 0.2) is 58.8 Å². The van der Waals surface area contributed by atoms with E-state index in [0.717, 1.165) is 21.6 Å². The number of hydrogen-bond acceptors (Lipinski definition) is 8. The summed E-state index contributed by atoms with van der Waals surface area (Å²) in [4.78, 5) is 28.7. The van der Waals surface area contributed by atoms with Gasteiger partial charge in [0.25, 0.3) is 5.91 Å². The van der Waals surface area contributed by atoms with E-state index < -0.39 is 22.9 Å². The smallest absolute Gasteiger partial charge is 0.370 e. The first-order valence-corrected chi connectivity index (χ1v) is 15.1. The number of nitrogens with two attached hydrogens (primary N) is 1. The van der Waals surface area contributed by atoms with E-state index in [2.05, 4.69) is 20.3 Å². The van der Waals surface area contributed by atoms with E-state index in [4.69, 9.17) is 0 Å². The van der Waals surface area contributed by atoms with Crippen molar-refractivity contribution in [1.82, 2.24) is 9.29 Å². The van der Waals surface area contributed by atoms with Crippen molar-refractivity contribution in [2.75, 3.05) is 54.0 Å². The van der Waals surface area contributed by atoms with E-state index >= 15 is 0 Å². The van der Waals surface area contributed by atoms with Crippen molar-refractivity contribution in [3.63, 3.8) is 0 Å². The number of piperazine rings is 1. The first kappa shape index (κ1) is 31.4. The molecule has 15 heteroatoms.